The van der Waals surface area contributed by atoms with E-state index in [1.165, 1.54) is 33.1 Å². The van der Waals surface area contributed by atoms with Crippen LogP contribution >= 0.6 is 11.3 Å². The minimum absolute atomic E-state index is 0.0161. The summed E-state index contributed by atoms with van der Waals surface area (Å²) < 4.78 is 33.2. The molecule has 30 heavy (non-hydrogen) atoms. The first-order chi connectivity index (χ1) is 14.3. The highest BCUT2D eigenvalue weighted by Gasteiger charge is 2.26. The maximum atomic E-state index is 12.6. The number of rotatable bonds is 8. The topological polar surface area (TPSA) is 103 Å². The number of nitrogens with zero attached hydrogens (tertiary/aromatic N) is 2. The van der Waals surface area contributed by atoms with Crippen molar-refractivity contribution in [1.82, 2.24) is 8.87 Å². The lowest BCUT2D eigenvalue weighted by atomic mass is 10.1. The third kappa shape index (κ3) is 5.24. The van der Waals surface area contributed by atoms with Crippen molar-refractivity contribution in [2.45, 2.75) is 44.0 Å². The van der Waals surface area contributed by atoms with E-state index >= 15 is 0 Å². The fourth-order valence-corrected chi connectivity index (χ4v) is 5.52. The van der Waals surface area contributed by atoms with E-state index in [1.54, 1.807) is 12.3 Å². The van der Waals surface area contributed by atoms with Gasteiger partial charge in [-0.15, -0.1) is 0 Å². The Morgan fingerprint density at radius 1 is 1.10 bits per heavy atom. The summed E-state index contributed by atoms with van der Waals surface area (Å²) in [5.41, 5.74) is 1.04. The molecule has 8 nitrogen and oxygen atoms in total. The number of carbonyl (C=O) groups excluding carboxylic acids is 2. The van der Waals surface area contributed by atoms with Gasteiger partial charge in [-0.2, -0.15) is 4.31 Å². The van der Waals surface area contributed by atoms with E-state index in [4.69, 9.17) is 4.74 Å². The molecule has 0 N–H and O–H groups in total. The second-order valence-corrected chi connectivity index (χ2v) is 9.88. The summed E-state index contributed by atoms with van der Waals surface area (Å²) >= 11 is 1.07. The quantitative estimate of drug-likeness (QED) is 0.449. The predicted octanol–water partition coefficient (Wildman–Crippen LogP) is 2.21. The molecule has 3 rings (SSSR count). The van der Waals surface area contributed by atoms with E-state index in [0.717, 1.165) is 36.3 Å². The second kappa shape index (κ2) is 9.67. The maximum absolute atomic E-state index is 12.6. The van der Waals surface area contributed by atoms with E-state index in [2.05, 4.69) is 0 Å². The van der Waals surface area contributed by atoms with Crippen LogP contribution in [0.15, 0.2) is 39.3 Å². The van der Waals surface area contributed by atoms with Gasteiger partial charge in [-0.25, -0.2) is 8.42 Å². The minimum Gasteiger partial charge on any atom is -0.457 e. The molecule has 2 heterocycles. The zero-order chi connectivity index (χ0) is 21.7. The highest BCUT2D eigenvalue weighted by atomic mass is 32.2. The maximum Gasteiger partial charge on any atom is 0.308 e. The van der Waals surface area contributed by atoms with Gasteiger partial charge in [0, 0.05) is 36.3 Å². The summed E-state index contributed by atoms with van der Waals surface area (Å²) in [4.78, 5) is 35.8. The number of thiazole rings is 1. The number of aryl methyl sites for hydroxylation is 1. The largest absolute Gasteiger partial charge is 0.457 e. The number of piperidine rings is 1. The lowest BCUT2D eigenvalue weighted by Gasteiger charge is -2.25. The van der Waals surface area contributed by atoms with Gasteiger partial charge in [-0.1, -0.05) is 17.8 Å². The van der Waals surface area contributed by atoms with Crippen molar-refractivity contribution in [3.63, 3.8) is 0 Å². The van der Waals surface area contributed by atoms with Crippen LogP contribution in [0.5, 0.6) is 0 Å². The molecule has 0 spiro atoms. The van der Waals surface area contributed by atoms with Crippen molar-refractivity contribution in [3.8, 4) is 0 Å². The molecular weight excluding hydrogens is 428 g/mol. The molecule has 1 aromatic heterocycles. The smallest absolute Gasteiger partial charge is 0.308 e. The molecular formula is C20H24N2O6S2. The molecule has 162 valence electrons. The minimum atomic E-state index is -3.56. The highest BCUT2D eigenvalue weighted by molar-refractivity contribution is 7.89. The van der Waals surface area contributed by atoms with Crippen LogP contribution in [-0.2, 0) is 26.1 Å². The molecule has 0 amide bonds. The molecule has 1 aliphatic rings. The van der Waals surface area contributed by atoms with Gasteiger partial charge >= 0.3 is 10.8 Å². The molecule has 1 aliphatic heterocycles. The van der Waals surface area contributed by atoms with Crippen LogP contribution in [0.3, 0.4) is 0 Å². The molecule has 1 aromatic carbocycles. The highest BCUT2D eigenvalue weighted by Crippen LogP contribution is 2.21. The van der Waals surface area contributed by atoms with Gasteiger partial charge in [0.05, 0.1) is 11.3 Å². The summed E-state index contributed by atoms with van der Waals surface area (Å²) in [5, 5.41) is 1.71. The van der Waals surface area contributed by atoms with Crippen LogP contribution in [-0.4, -0.2) is 48.7 Å². The lowest BCUT2D eigenvalue weighted by molar-refractivity contribution is -0.142. The number of sulfonamides is 1. The monoisotopic (exact) mass is 452 g/mol. The normalized spacial score (nSPS) is 15.1. The van der Waals surface area contributed by atoms with Gasteiger partial charge in [0.1, 0.15) is 0 Å². The Balaban J connectivity index is 1.53. The van der Waals surface area contributed by atoms with Crippen molar-refractivity contribution in [3.05, 3.63) is 50.6 Å². The summed E-state index contributed by atoms with van der Waals surface area (Å²) in [6.45, 7) is 2.56. The van der Waals surface area contributed by atoms with E-state index in [-0.39, 0.29) is 28.3 Å². The number of Topliss-reactive ketones (excluding diaryl/α,β-unsaturated/α-hetero) is 1. The second-order valence-electron chi connectivity index (χ2n) is 7.12. The molecule has 0 saturated carbocycles. The Hall–Kier alpha value is -2.30. The Kier molecular flexibility index (Phi) is 7.22. The number of ether oxygens (including phenoxy) is 1. The molecule has 10 heteroatoms. The molecule has 0 unspecified atom stereocenters. The molecule has 0 aliphatic carbocycles. The van der Waals surface area contributed by atoms with Crippen LogP contribution in [0.4, 0.5) is 0 Å². The number of hydrogen-bond donors (Lipinski definition) is 0. The molecule has 0 radical (unpaired) electrons. The van der Waals surface area contributed by atoms with Gasteiger partial charge in [-0.05, 0) is 44.0 Å². The summed E-state index contributed by atoms with van der Waals surface area (Å²) in [5.74, 6) is -1.00. The van der Waals surface area contributed by atoms with Crippen LogP contribution in [0.2, 0.25) is 0 Å². The average Bonchev–Trinajstić information content (AvgIpc) is 3.08. The third-order valence-electron chi connectivity index (χ3n) is 5.01. The first-order valence-electron chi connectivity index (χ1n) is 9.73. The molecule has 0 bridgehead atoms. The van der Waals surface area contributed by atoms with Crippen molar-refractivity contribution in [2.24, 2.45) is 0 Å². The molecule has 2 aromatic rings. The first-order valence-corrected chi connectivity index (χ1v) is 12.0. The fourth-order valence-electron chi connectivity index (χ4n) is 3.25. The number of aromatic nitrogens is 1. The van der Waals surface area contributed by atoms with E-state index in [1.807, 2.05) is 0 Å². The first kappa shape index (κ1) is 22.4. The number of ketones is 1. The third-order valence-corrected chi connectivity index (χ3v) is 7.80. The zero-order valence-corrected chi connectivity index (χ0v) is 18.3. The molecule has 0 atom stereocenters. The van der Waals surface area contributed by atoms with Gasteiger partial charge in [-0.3, -0.25) is 14.4 Å². The fraction of sp³-hybridized carbons (Fsp3) is 0.450. The van der Waals surface area contributed by atoms with Crippen LogP contribution < -0.4 is 4.87 Å². The Morgan fingerprint density at radius 3 is 2.37 bits per heavy atom. The standard InChI is InChI=1S/C20H24N2O6S2/c1-15-14-29-20(25)22(15)12-9-19(24)28-13-18(23)16-5-7-17(8-6-16)30(26,27)21-10-3-2-4-11-21/h5-8,14H,2-4,9-13H2,1H3. The van der Waals surface area contributed by atoms with Crippen molar-refractivity contribution < 1.29 is 22.7 Å². The molecule has 1 fully saturated rings. The number of esters is 1. The van der Waals surface area contributed by atoms with E-state index in [0.29, 0.717) is 13.1 Å². The zero-order valence-electron chi connectivity index (χ0n) is 16.7. The van der Waals surface area contributed by atoms with Crippen LogP contribution in [0.25, 0.3) is 0 Å². The van der Waals surface area contributed by atoms with Gasteiger partial charge in [0.25, 0.3) is 0 Å². The Morgan fingerprint density at radius 2 is 1.77 bits per heavy atom. The Labute approximate surface area is 179 Å². The number of carbonyl (C=O) groups is 2. The average molecular weight is 453 g/mol. The summed E-state index contributed by atoms with van der Waals surface area (Å²) in [7, 11) is -3.56. The van der Waals surface area contributed by atoms with Crippen molar-refractivity contribution >= 4 is 33.1 Å². The van der Waals surface area contributed by atoms with Gasteiger partial charge in [0.15, 0.2) is 12.4 Å². The van der Waals surface area contributed by atoms with Crippen molar-refractivity contribution in [2.75, 3.05) is 19.7 Å². The summed E-state index contributed by atoms with van der Waals surface area (Å²) in [6.07, 6.45) is 2.71. The van der Waals surface area contributed by atoms with E-state index < -0.39 is 28.4 Å². The van der Waals surface area contributed by atoms with Gasteiger partial charge < -0.3 is 9.30 Å². The lowest BCUT2D eigenvalue weighted by Crippen LogP contribution is -2.35. The van der Waals surface area contributed by atoms with Crippen molar-refractivity contribution in [1.29, 1.82) is 0 Å². The Bertz CT molecular complexity index is 1060. The number of hydrogen-bond acceptors (Lipinski definition) is 7. The summed E-state index contributed by atoms with van der Waals surface area (Å²) in [6, 6.07) is 5.68. The SMILES string of the molecule is Cc1csc(=O)n1CCC(=O)OCC(=O)c1ccc(S(=O)(=O)N2CCCCC2)cc1. The van der Waals surface area contributed by atoms with Crippen LogP contribution in [0.1, 0.15) is 41.7 Å². The van der Waals surface area contributed by atoms with Crippen LogP contribution in [0, 0.1) is 6.92 Å². The van der Waals surface area contributed by atoms with E-state index in [9.17, 15) is 22.8 Å². The number of benzene rings is 1. The van der Waals surface area contributed by atoms with Gasteiger partial charge in [0.2, 0.25) is 10.0 Å². The molecule has 1 saturated heterocycles. The predicted molar refractivity (Wildman–Crippen MR) is 112 cm³/mol.